The van der Waals surface area contributed by atoms with E-state index < -0.39 is 12.1 Å². The zero-order valence-electron chi connectivity index (χ0n) is 20.3. The van der Waals surface area contributed by atoms with Crippen molar-refractivity contribution in [2.24, 2.45) is 0 Å². The number of fused-ring (bicyclic) bond motifs is 1. The van der Waals surface area contributed by atoms with Crippen LogP contribution in [-0.4, -0.2) is 90.5 Å². The van der Waals surface area contributed by atoms with Gasteiger partial charge in [0.15, 0.2) is 12.0 Å². The molecule has 1 aromatic carbocycles. The van der Waals surface area contributed by atoms with Crippen LogP contribution >= 0.6 is 13.5 Å². The van der Waals surface area contributed by atoms with Crippen LogP contribution in [0, 0.1) is 0 Å². The molecule has 2 N–H and O–H groups in total. The van der Waals surface area contributed by atoms with E-state index in [1.165, 1.54) is 6.92 Å². The lowest BCUT2D eigenvalue weighted by Gasteiger charge is -2.36. The van der Waals surface area contributed by atoms with Crippen LogP contribution in [0.25, 0.3) is 22.3 Å². The first kappa shape index (κ1) is 26.1. The van der Waals surface area contributed by atoms with Gasteiger partial charge in [-0.2, -0.15) is 13.5 Å². The van der Waals surface area contributed by atoms with Gasteiger partial charge in [-0.25, -0.2) is 14.4 Å². The van der Waals surface area contributed by atoms with Gasteiger partial charge in [0.25, 0.3) is 5.91 Å². The number of hydrogen-bond donors (Lipinski definition) is 2. The number of alkyl halides is 1. The van der Waals surface area contributed by atoms with E-state index in [2.05, 4.69) is 37.6 Å². The first-order valence-corrected chi connectivity index (χ1v) is 12.0. The van der Waals surface area contributed by atoms with Gasteiger partial charge < -0.3 is 25.2 Å². The van der Waals surface area contributed by atoms with Crippen molar-refractivity contribution in [2.45, 2.75) is 19.2 Å². The number of nitrogens with one attached hydrogen (secondary N) is 2. The van der Waals surface area contributed by atoms with Gasteiger partial charge in [0.2, 0.25) is 0 Å². The van der Waals surface area contributed by atoms with E-state index >= 15 is 0 Å². The quantitative estimate of drug-likeness (QED) is 0.518. The maximum Gasteiger partial charge on any atom is 0.256 e. The van der Waals surface area contributed by atoms with Crippen LogP contribution < -0.4 is 15.5 Å². The Morgan fingerprint density at radius 3 is 2.64 bits per heavy atom. The van der Waals surface area contributed by atoms with Crippen LogP contribution in [0.1, 0.15) is 6.92 Å². The number of nitrogens with zero attached hydrogens (tertiary/aromatic N) is 5. The fourth-order valence-electron chi connectivity index (χ4n) is 4.48. The molecule has 36 heavy (non-hydrogen) atoms. The summed E-state index contributed by atoms with van der Waals surface area (Å²) < 4.78 is 19.1. The highest BCUT2D eigenvalue weighted by Gasteiger charge is 2.25. The van der Waals surface area contributed by atoms with Crippen LogP contribution in [0.4, 0.5) is 15.9 Å². The van der Waals surface area contributed by atoms with Crippen LogP contribution in [0.2, 0.25) is 0 Å². The minimum absolute atomic E-state index is 0. The number of pyridine rings is 1. The molecule has 0 saturated carbocycles. The number of morpholine rings is 1. The minimum atomic E-state index is -1.45. The van der Waals surface area contributed by atoms with Crippen molar-refractivity contribution in [3.8, 4) is 11.3 Å². The summed E-state index contributed by atoms with van der Waals surface area (Å²) >= 11 is 0. The summed E-state index contributed by atoms with van der Waals surface area (Å²) in [6, 6.07) is 10.1. The number of anilines is 2. The molecule has 0 bridgehead atoms. The molecule has 2 saturated heterocycles. The third-order valence-electron chi connectivity index (χ3n) is 6.42. The lowest BCUT2D eigenvalue weighted by molar-refractivity contribution is -0.136. The van der Waals surface area contributed by atoms with Gasteiger partial charge in [-0.05, 0) is 25.1 Å². The number of rotatable bonds is 6. The van der Waals surface area contributed by atoms with Gasteiger partial charge in [0.1, 0.15) is 5.52 Å². The highest BCUT2D eigenvalue weighted by Crippen LogP contribution is 2.27. The molecule has 11 heteroatoms. The number of piperazine rings is 1. The lowest BCUT2D eigenvalue weighted by Crippen LogP contribution is -2.50. The topological polar surface area (TPSA) is 95.5 Å². The minimum Gasteiger partial charge on any atom is -0.374 e. The molecule has 5 rings (SSSR count). The summed E-state index contributed by atoms with van der Waals surface area (Å²) in [6.45, 7) is 6.69. The summed E-state index contributed by atoms with van der Waals surface area (Å²) in [6.07, 6.45) is 1.97. The van der Waals surface area contributed by atoms with Gasteiger partial charge in [-0.15, -0.1) is 0 Å². The number of benzene rings is 1. The van der Waals surface area contributed by atoms with Gasteiger partial charge in [0, 0.05) is 69.5 Å². The Labute approximate surface area is 216 Å². The second-order valence-corrected chi connectivity index (χ2v) is 8.83. The molecule has 2 aromatic heterocycles. The Morgan fingerprint density at radius 2 is 1.94 bits per heavy atom. The molecular formula is C25H32FN7O2S. The fourth-order valence-corrected chi connectivity index (χ4v) is 4.48. The highest BCUT2D eigenvalue weighted by molar-refractivity contribution is 7.59. The number of carbonyl (C=O) groups is 1. The van der Waals surface area contributed by atoms with E-state index in [0.29, 0.717) is 45.1 Å². The van der Waals surface area contributed by atoms with E-state index in [-0.39, 0.29) is 19.6 Å². The number of aromatic nitrogens is 3. The van der Waals surface area contributed by atoms with Crippen molar-refractivity contribution in [3.63, 3.8) is 0 Å². The second-order valence-electron chi connectivity index (χ2n) is 8.83. The fraction of sp³-hybridized carbons (Fsp3) is 0.440. The predicted octanol–water partition coefficient (Wildman–Crippen LogP) is 2.21. The predicted molar refractivity (Wildman–Crippen MR) is 144 cm³/mol. The van der Waals surface area contributed by atoms with E-state index in [9.17, 15) is 9.18 Å². The average molecular weight is 514 g/mol. The zero-order chi connectivity index (χ0) is 24.2. The molecule has 2 atom stereocenters. The molecule has 1 amide bonds. The number of hydrogen-bond acceptors (Lipinski definition) is 8. The van der Waals surface area contributed by atoms with Crippen molar-refractivity contribution in [1.82, 2.24) is 25.2 Å². The smallest absolute Gasteiger partial charge is 0.256 e. The summed E-state index contributed by atoms with van der Waals surface area (Å²) in [4.78, 5) is 29.5. The molecule has 0 radical (unpaired) electrons. The standard InChI is InChI=1S/C25H30FN7O2.H2S/c1-17(26)25(34)33-11-9-32(10-12-33)19-4-2-18(3-5-19)21-14-22-23(29-7-6-28-22)24(31-21)30-16-20-15-27-8-13-35-20;/h2-7,14,17,20,27H,8-13,15-16H2,1H3,(H,30,31);1H2/t17?,20-;/m0./s1. The maximum atomic E-state index is 13.3. The Balaban J connectivity index is 0.00000304. The van der Waals surface area contributed by atoms with E-state index in [0.717, 1.165) is 41.1 Å². The molecule has 4 heterocycles. The SMILES string of the molecule is CC(F)C(=O)N1CCN(c2ccc(-c3cc4nccnc4c(NC[C@@H]4CNCCO4)n3)cc2)CC1.S. The van der Waals surface area contributed by atoms with Crippen LogP contribution in [0.3, 0.4) is 0 Å². The third-order valence-corrected chi connectivity index (χ3v) is 6.42. The molecule has 2 fully saturated rings. The van der Waals surface area contributed by atoms with E-state index in [1.54, 1.807) is 17.3 Å². The first-order valence-electron chi connectivity index (χ1n) is 12.0. The highest BCUT2D eigenvalue weighted by atomic mass is 32.1. The van der Waals surface area contributed by atoms with Crippen LogP contribution in [-0.2, 0) is 9.53 Å². The number of amides is 1. The molecule has 0 aliphatic carbocycles. The average Bonchev–Trinajstić information content (AvgIpc) is 2.92. The first-order chi connectivity index (χ1) is 17.1. The zero-order valence-corrected chi connectivity index (χ0v) is 21.3. The van der Waals surface area contributed by atoms with E-state index in [1.807, 2.05) is 18.2 Å². The molecular weight excluding hydrogens is 481 g/mol. The monoisotopic (exact) mass is 513 g/mol. The maximum absolute atomic E-state index is 13.3. The van der Waals surface area contributed by atoms with Gasteiger partial charge in [0.05, 0.1) is 23.9 Å². The molecule has 9 nitrogen and oxygen atoms in total. The van der Waals surface area contributed by atoms with Gasteiger partial charge in [-0.3, -0.25) is 9.78 Å². The molecule has 0 spiro atoms. The summed E-state index contributed by atoms with van der Waals surface area (Å²) in [5.41, 5.74) is 4.35. The Morgan fingerprint density at radius 1 is 1.19 bits per heavy atom. The Hall–Kier alpha value is -3.02. The number of ether oxygens (including phenoxy) is 1. The van der Waals surface area contributed by atoms with Gasteiger partial charge in [-0.1, -0.05) is 12.1 Å². The van der Waals surface area contributed by atoms with Crippen molar-refractivity contribution >= 4 is 41.9 Å². The Bertz CT molecular complexity index is 1170. The van der Waals surface area contributed by atoms with Crippen molar-refractivity contribution in [2.75, 3.05) is 62.6 Å². The molecule has 2 aliphatic rings. The van der Waals surface area contributed by atoms with E-state index in [4.69, 9.17) is 9.72 Å². The summed E-state index contributed by atoms with van der Waals surface area (Å²) in [5, 5.41) is 6.74. The molecule has 1 unspecified atom stereocenters. The summed E-state index contributed by atoms with van der Waals surface area (Å²) in [5.74, 6) is 0.257. The van der Waals surface area contributed by atoms with Gasteiger partial charge >= 0.3 is 0 Å². The van der Waals surface area contributed by atoms with Crippen molar-refractivity contribution in [1.29, 1.82) is 0 Å². The molecule has 192 valence electrons. The Kier molecular flexibility index (Phi) is 8.55. The lowest BCUT2D eigenvalue weighted by atomic mass is 10.1. The van der Waals surface area contributed by atoms with Crippen LogP contribution in [0.5, 0.6) is 0 Å². The summed E-state index contributed by atoms with van der Waals surface area (Å²) in [7, 11) is 0. The van der Waals surface area contributed by atoms with Crippen molar-refractivity contribution < 1.29 is 13.9 Å². The number of carbonyl (C=O) groups excluding carboxylic acids is 1. The molecule has 2 aliphatic heterocycles. The second kappa shape index (κ2) is 11.8. The number of halogens is 1. The molecule has 3 aromatic rings. The van der Waals surface area contributed by atoms with Crippen molar-refractivity contribution in [3.05, 3.63) is 42.7 Å². The largest absolute Gasteiger partial charge is 0.374 e. The van der Waals surface area contributed by atoms with Crippen LogP contribution in [0.15, 0.2) is 42.7 Å². The normalized spacial score (nSPS) is 19.0. The third kappa shape index (κ3) is 5.85.